The Hall–Kier alpha value is -3.84. The molecule has 0 aliphatic carbocycles. The van der Waals surface area contributed by atoms with E-state index >= 15 is 0 Å². The summed E-state index contributed by atoms with van der Waals surface area (Å²) in [5.74, 6) is 0.0194. The molecule has 3 N–H and O–H groups in total. The number of hydrogen-bond acceptors (Lipinski definition) is 5. The molecule has 4 aromatic rings. The van der Waals surface area contributed by atoms with Crippen LogP contribution in [0.2, 0.25) is 0 Å². The summed E-state index contributed by atoms with van der Waals surface area (Å²) in [6.07, 6.45) is 0. The number of esters is 1. The third kappa shape index (κ3) is 5.07. The van der Waals surface area contributed by atoms with Crippen LogP contribution in [-0.4, -0.2) is 24.1 Å². The summed E-state index contributed by atoms with van der Waals surface area (Å²) in [6.45, 7) is 1.02. The number of aliphatic imine (C=N–C) groups is 1. The quantitative estimate of drug-likeness (QED) is 0.165. The molecule has 7 heteroatoms. The summed E-state index contributed by atoms with van der Waals surface area (Å²) in [4.78, 5) is 17.8. The van der Waals surface area contributed by atoms with Crippen molar-refractivity contribution in [3.8, 4) is 5.75 Å². The topological polar surface area (TPSA) is 83.0 Å². The van der Waals surface area contributed by atoms with Gasteiger partial charge in [-0.3, -0.25) is 0 Å². The minimum atomic E-state index is -0.478. The number of nitrogens with zero attached hydrogens (tertiary/aromatic N) is 1. The lowest BCUT2D eigenvalue weighted by molar-refractivity contribution is 0.0601. The Kier molecular flexibility index (Phi) is 6.67. The van der Waals surface area contributed by atoms with Crippen LogP contribution in [0.4, 0.5) is 5.69 Å². The van der Waals surface area contributed by atoms with E-state index in [1.165, 1.54) is 19.2 Å². The molecule has 1 heterocycles. The Morgan fingerprint density at radius 3 is 2.72 bits per heavy atom. The fourth-order valence-corrected chi connectivity index (χ4v) is 3.97. The van der Waals surface area contributed by atoms with Gasteiger partial charge in [0.25, 0.3) is 0 Å². The van der Waals surface area contributed by atoms with Gasteiger partial charge >= 0.3 is 5.97 Å². The van der Waals surface area contributed by atoms with Gasteiger partial charge in [-0.15, -0.1) is 11.3 Å². The van der Waals surface area contributed by atoms with Crippen molar-refractivity contribution in [3.05, 3.63) is 94.2 Å². The molecule has 0 unspecified atom stereocenters. The number of benzene rings is 3. The van der Waals surface area contributed by atoms with Crippen molar-refractivity contribution in [2.45, 2.75) is 13.1 Å². The molecule has 3 aromatic carbocycles. The molecule has 0 amide bonds. The van der Waals surface area contributed by atoms with E-state index in [1.54, 1.807) is 17.4 Å². The van der Waals surface area contributed by atoms with Gasteiger partial charge < -0.3 is 20.5 Å². The van der Waals surface area contributed by atoms with Crippen LogP contribution >= 0.6 is 11.3 Å². The molecule has 0 radical (unpaired) electrons. The second-order valence-electron chi connectivity index (χ2n) is 7.08. The highest BCUT2D eigenvalue weighted by Gasteiger charge is 2.11. The van der Waals surface area contributed by atoms with Crippen LogP contribution < -0.4 is 10.6 Å². The van der Waals surface area contributed by atoms with Gasteiger partial charge in [0.2, 0.25) is 0 Å². The minimum absolute atomic E-state index is 0.00781. The normalized spacial score (nSPS) is 11.3. The average Bonchev–Trinajstić information content (AvgIpc) is 3.35. The van der Waals surface area contributed by atoms with Crippen LogP contribution in [0.25, 0.3) is 10.8 Å². The number of guanidine groups is 1. The summed E-state index contributed by atoms with van der Waals surface area (Å²) in [5, 5.41) is 21.1. The van der Waals surface area contributed by atoms with Gasteiger partial charge in [0.15, 0.2) is 5.96 Å². The van der Waals surface area contributed by atoms with Crippen LogP contribution in [0.3, 0.4) is 0 Å². The zero-order valence-corrected chi connectivity index (χ0v) is 18.4. The first-order valence-corrected chi connectivity index (χ1v) is 11.0. The van der Waals surface area contributed by atoms with E-state index < -0.39 is 5.97 Å². The number of carbonyl (C=O) groups excluding carboxylic acids is 1. The number of thiophene rings is 1. The summed E-state index contributed by atoms with van der Waals surface area (Å²) >= 11 is 1.64. The standard InChI is InChI=1S/C25H23N3O3S/c1-31-24(30)18-11-12-23(29)22(14-18)28-25(27-16-20-9-5-13-32-20)26-15-19-8-4-7-17-6-2-3-10-21(17)19/h2-14,29H,15-16H2,1H3,(H2,26,27,28). The lowest BCUT2D eigenvalue weighted by atomic mass is 10.1. The Balaban J connectivity index is 1.62. The number of aromatic hydroxyl groups is 1. The molecule has 0 saturated carbocycles. The Morgan fingerprint density at radius 1 is 1.06 bits per heavy atom. The van der Waals surface area contributed by atoms with Crippen molar-refractivity contribution < 1.29 is 14.6 Å². The number of ether oxygens (including phenoxy) is 1. The number of rotatable bonds is 6. The molecule has 1 aromatic heterocycles. The maximum Gasteiger partial charge on any atom is 0.337 e. The van der Waals surface area contributed by atoms with Crippen molar-refractivity contribution in [2.24, 2.45) is 4.99 Å². The van der Waals surface area contributed by atoms with Gasteiger partial charge in [0.1, 0.15) is 5.75 Å². The molecule has 0 fully saturated rings. The monoisotopic (exact) mass is 445 g/mol. The van der Waals surface area contributed by atoms with E-state index in [9.17, 15) is 9.90 Å². The molecule has 0 spiro atoms. The SMILES string of the molecule is COC(=O)c1ccc(O)c(NC(=NCc2cccc3ccccc23)NCc2cccs2)c1. The fourth-order valence-electron chi connectivity index (χ4n) is 3.33. The Morgan fingerprint density at radius 2 is 1.91 bits per heavy atom. The lowest BCUT2D eigenvalue weighted by Gasteiger charge is -2.14. The molecular weight excluding hydrogens is 422 g/mol. The van der Waals surface area contributed by atoms with Crippen LogP contribution in [0.5, 0.6) is 5.75 Å². The first-order chi connectivity index (χ1) is 15.6. The zero-order valence-electron chi connectivity index (χ0n) is 17.5. The van der Waals surface area contributed by atoms with Gasteiger partial charge in [-0.1, -0.05) is 48.5 Å². The molecule has 162 valence electrons. The maximum absolute atomic E-state index is 11.9. The van der Waals surface area contributed by atoms with Crippen molar-refractivity contribution in [1.82, 2.24) is 5.32 Å². The molecule has 0 bridgehead atoms. The lowest BCUT2D eigenvalue weighted by Crippen LogP contribution is -2.30. The Labute approximate surface area is 190 Å². The number of nitrogens with one attached hydrogen (secondary N) is 2. The first-order valence-electron chi connectivity index (χ1n) is 10.1. The number of phenolic OH excluding ortho intramolecular Hbond substituents is 1. The van der Waals surface area contributed by atoms with Gasteiger partial charge in [-0.05, 0) is 46.0 Å². The predicted molar refractivity (Wildman–Crippen MR) is 129 cm³/mol. The van der Waals surface area contributed by atoms with Gasteiger partial charge in [-0.2, -0.15) is 0 Å². The fraction of sp³-hybridized carbons (Fsp3) is 0.120. The minimum Gasteiger partial charge on any atom is -0.506 e. The molecule has 4 rings (SSSR count). The van der Waals surface area contributed by atoms with Crippen LogP contribution in [-0.2, 0) is 17.8 Å². The van der Waals surface area contributed by atoms with Crippen molar-refractivity contribution in [1.29, 1.82) is 0 Å². The van der Waals surface area contributed by atoms with Crippen molar-refractivity contribution >= 4 is 39.7 Å². The second-order valence-corrected chi connectivity index (χ2v) is 8.12. The van der Waals surface area contributed by atoms with E-state index in [0.29, 0.717) is 30.3 Å². The molecule has 6 nitrogen and oxygen atoms in total. The Bertz CT molecular complexity index is 1250. The summed E-state index contributed by atoms with van der Waals surface area (Å²) in [5.41, 5.74) is 1.79. The summed E-state index contributed by atoms with van der Waals surface area (Å²) in [7, 11) is 1.32. The molecule has 0 aliphatic heterocycles. The van der Waals surface area contributed by atoms with E-state index in [0.717, 1.165) is 21.2 Å². The highest BCUT2D eigenvalue weighted by molar-refractivity contribution is 7.09. The zero-order chi connectivity index (χ0) is 22.3. The molecule has 32 heavy (non-hydrogen) atoms. The average molecular weight is 446 g/mol. The third-order valence-electron chi connectivity index (χ3n) is 4.97. The number of methoxy groups -OCH3 is 1. The van der Waals surface area contributed by atoms with Crippen molar-refractivity contribution in [3.63, 3.8) is 0 Å². The molecule has 0 saturated heterocycles. The van der Waals surface area contributed by atoms with E-state index in [4.69, 9.17) is 9.73 Å². The third-order valence-corrected chi connectivity index (χ3v) is 5.84. The van der Waals surface area contributed by atoms with E-state index in [1.807, 2.05) is 35.7 Å². The van der Waals surface area contributed by atoms with Gasteiger partial charge in [0, 0.05) is 4.88 Å². The van der Waals surface area contributed by atoms with Crippen LogP contribution in [0.15, 0.2) is 83.2 Å². The predicted octanol–water partition coefficient (Wildman–Crippen LogP) is 5.15. The van der Waals surface area contributed by atoms with E-state index in [2.05, 4.69) is 34.9 Å². The van der Waals surface area contributed by atoms with Crippen LogP contribution in [0, 0.1) is 0 Å². The highest BCUT2D eigenvalue weighted by Crippen LogP contribution is 2.25. The molecule has 0 aliphatic rings. The molecule has 0 atom stereocenters. The second kappa shape index (κ2) is 9.98. The first kappa shape index (κ1) is 21.4. The van der Waals surface area contributed by atoms with Crippen molar-refractivity contribution in [2.75, 3.05) is 12.4 Å². The number of hydrogen-bond donors (Lipinski definition) is 3. The maximum atomic E-state index is 11.9. The number of carbonyl (C=O) groups is 1. The van der Waals surface area contributed by atoms with E-state index in [-0.39, 0.29) is 5.75 Å². The number of fused-ring (bicyclic) bond motifs is 1. The molecular formula is C25H23N3O3S. The number of phenols is 1. The van der Waals surface area contributed by atoms with Crippen LogP contribution in [0.1, 0.15) is 20.8 Å². The summed E-state index contributed by atoms with van der Waals surface area (Å²) < 4.78 is 4.79. The van der Waals surface area contributed by atoms with Gasteiger partial charge in [-0.25, -0.2) is 9.79 Å². The number of anilines is 1. The summed E-state index contributed by atoms with van der Waals surface area (Å²) in [6, 6.07) is 22.9. The smallest absolute Gasteiger partial charge is 0.337 e. The van der Waals surface area contributed by atoms with Gasteiger partial charge in [0.05, 0.1) is 31.5 Å². The largest absolute Gasteiger partial charge is 0.506 e. The highest BCUT2D eigenvalue weighted by atomic mass is 32.1.